The van der Waals surface area contributed by atoms with E-state index in [0.717, 1.165) is 11.8 Å². The minimum absolute atomic E-state index is 0.834. The zero-order chi connectivity index (χ0) is 8.69. The summed E-state index contributed by atoms with van der Waals surface area (Å²) in [6, 6.07) is 0. The van der Waals surface area contributed by atoms with Crippen LogP contribution in [-0.4, -0.2) is 0 Å². The van der Waals surface area contributed by atoms with Crippen molar-refractivity contribution in [2.45, 2.75) is 53.4 Å². The van der Waals surface area contributed by atoms with Crippen LogP contribution in [0.5, 0.6) is 0 Å². The van der Waals surface area contributed by atoms with Gasteiger partial charge in [0.25, 0.3) is 0 Å². The summed E-state index contributed by atoms with van der Waals surface area (Å²) in [4.78, 5) is 0. The van der Waals surface area contributed by atoms with Gasteiger partial charge < -0.3 is 0 Å². The van der Waals surface area contributed by atoms with Crippen LogP contribution in [0.15, 0.2) is 0 Å². The van der Waals surface area contributed by atoms with Crippen LogP contribution in [0.2, 0.25) is 0 Å². The summed E-state index contributed by atoms with van der Waals surface area (Å²) in [6.07, 6.45) is 7.82. The molecule has 1 radical (unpaired) electrons. The topological polar surface area (TPSA) is 0 Å². The molecule has 0 fully saturated rings. The van der Waals surface area contributed by atoms with E-state index in [-0.39, 0.29) is 0 Å². The maximum absolute atomic E-state index is 2.51. The molecular weight excluding hydrogens is 132 g/mol. The summed E-state index contributed by atoms with van der Waals surface area (Å²) in [5.74, 6) is 1.71. The van der Waals surface area contributed by atoms with Gasteiger partial charge in [-0.05, 0) is 24.7 Å². The molecule has 0 heteroatoms. The zero-order valence-electron chi connectivity index (χ0n) is 8.56. The Morgan fingerprint density at radius 3 is 2.18 bits per heavy atom. The average molecular weight is 155 g/mol. The van der Waals surface area contributed by atoms with Gasteiger partial charge in [-0.1, -0.05) is 47.0 Å². The molecule has 0 saturated carbocycles. The fourth-order valence-corrected chi connectivity index (χ4v) is 1.32. The van der Waals surface area contributed by atoms with Gasteiger partial charge in [0.1, 0.15) is 0 Å². The first kappa shape index (κ1) is 11.0. The molecule has 11 heavy (non-hydrogen) atoms. The molecule has 0 bridgehead atoms. The molecule has 0 amide bonds. The summed E-state index contributed by atoms with van der Waals surface area (Å²) in [5.41, 5.74) is 0. The lowest BCUT2D eigenvalue weighted by atomic mass is 9.92. The van der Waals surface area contributed by atoms with E-state index in [4.69, 9.17) is 0 Å². The van der Waals surface area contributed by atoms with E-state index in [2.05, 4.69) is 34.1 Å². The lowest BCUT2D eigenvalue weighted by molar-refractivity contribution is 0.480. The first-order chi connectivity index (χ1) is 5.20. The fourth-order valence-electron chi connectivity index (χ4n) is 1.32. The third kappa shape index (κ3) is 6.40. The number of hydrogen-bond acceptors (Lipinski definition) is 0. The van der Waals surface area contributed by atoms with E-state index in [1.54, 1.807) is 0 Å². The Kier molecular flexibility index (Phi) is 6.69. The van der Waals surface area contributed by atoms with Crippen molar-refractivity contribution in [1.29, 1.82) is 0 Å². The Morgan fingerprint density at radius 2 is 1.82 bits per heavy atom. The summed E-state index contributed by atoms with van der Waals surface area (Å²) in [7, 11) is 0. The largest absolute Gasteiger partial charge is 0.0654 e. The Labute approximate surface area is 72.4 Å². The highest BCUT2D eigenvalue weighted by Gasteiger charge is 2.05. The minimum atomic E-state index is 0.834. The standard InChI is InChI=1S/C11H23/c1-5-7-11(6-2)9-8-10(3)4/h9-11H,5-8H2,1-4H3. The van der Waals surface area contributed by atoms with Gasteiger partial charge in [0, 0.05) is 0 Å². The quantitative estimate of drug-likeness (QED) is 0.542. The van der Waals surface area contributed by atoms with Gasteiger partial charge in [-0.25, -0.2) is 0 Å². The van der Waals surface area contributed by atoms with Crippen molar-refractivity contribution in [1.82, 2.24) is 0 Å². The van der Waals surface area contributed by atoms with Gasteiger partial charge in [-0.2, -0.15) is 0 Å². The second-order valence-electron chi connectivity index (χ2n) is 3.82. The molecule has 0 saturated heterocycles. The number of rotatable bonds is 6. The Hall–Kier alpha value is 0. The molecule has 67 valence electrons. The third-order valence-corrected chi connectivity index (χ3v) is 2.12. The van der Waals surface area contributed by atoms with Crippen LogP contribution in [0.3, 0.4) is 0 Å². The molecule has 0 aromatic carbocycles. The summed E-state index contributed by atoms with van der Waals surface area (Å²) in [5, 5.41) is 0. The van der Waals surface area contributed by atoms with Gasteiger partial charge in [-0.3, -0.25) is 0 Å². The second kappa shape index (κ2) is 6.69. The SMILES string of the molecule is CCCC([CH]CC(C)C)CC. The third-order valence-electron chi connectivity index (χ3n) is 2.12. The highest BCUT2D eigenvalue weighted by Crippen LogP contribution is 2.18. The lowest BCUT2D eigenvalue weighted by Crippen LogP contribution is -2.01. The van der Waals surface area contributed by atoms with Crippen LogP contribution in [0.4, 0.5) is 0 Å². The van der Waals surface area contributed by atoms with Gasteiger partial charge >= 0.3 is 0 Å². The van der Waals surface area contributed by atoms with Crippen LogP contribution < -0.4 is 0 Å². The highest BCUT2D eigenvalue weighted by atomic mass is 14.1. The van der Waals surface area contributed by atoms with E-state index >= 15 is 0 Å². The lowest BCUT2D eigenvalue weighted by Gasteiger charge is -2.14. The van der Waals surface area contributed by atoms with Crippen LogP contribution in [-0.2, 0) is 0 Å². The van der Waals surface area contributed by atoms with Crippen molar-refractivity contribution >= 4 is 0 Å². The fraction of sp³-hybridized carbons (Fsp3) is 0.909. The normalized spacial score (nSPS) is 13.9. The monoisotopic (exact) mass is 155 g/mol. The first-order valence-electron chi connectivity index (χ1n) is 5.04. The Bertz CT molecular complexity index is 74.1. The zero-order valence-corrected chi connectivity index (χ0v) is 8.56. The van der Waals surface area contributed by atoms with Gasteiger partial charge in [0.15, 0.2) is 0 Å². The van der Waals surface area contributed by atoms with E-state index in [9.17, 15) is 0 Å². The highest BCUT2D eigenvalue weighted by molar-refractivity contribution is 4.75. The molecule has 0 aliphatic carbocycles. The molecule has 1 unspecified atom stereocenters. The predicted molar refractivity (Wildman–Crippen MR) is 52.4 cm³/mol. The van der Waals surface area contributed by atoms with Crippen LogP contribution in [0.25, 0.3) is 0 Å². The molecule has 0 aromatic heterocycles. The van der Waals surface area contributed by atoms with E-state index in [1.165, 1.54) is 25.7 Å². The molecule has 0 spiro atoms. The van der Waals surface area contributed by atoms with E-state index in [0.29, 0.717) is 0 Å². The van der Waals surface area contributed by atoms with Crippen molar-refractivity contribution in [2.24, 2.45) is 11.8 Å². The van der Waals surface area contributed by atoms with Gasteiger partial charge in [0.05, 0.1) is 0 Å². The summed E-state index contributed by atoms with van der Waals surface area (Å²) >= 11 is 0. The maximum Gasteiger partial charge on any atom is -0.0352 e. The van der Waals surface area contributed by atoms with Crippen molar-refractivity contribution in [3.8, 4) is 0 Å². The molecule has 0 aliphatic rings. The summed E-state index contributed by atoms with van der Waals surface area (Å²) < 4.78 is 0. The van der Waals surface area contributed by atoms with Crippen molar-refractivity contribution in [3.63, 3.8) is 0 Å². The van der Waals surface area contributed by atoms with Crippen molar-refractivity contribution in [3.05, 3.63) is 6.42 Å². The van der Waals surface area contributed by atoms with Crippen LogP contribution in [0, 0.1) is 18.3 Å². The molecule has 1 atom stereocenters. The summed E-state index contributed by atoms with van der Waals surface area (Å²) in [6.45, 7) is 9.13. The predicted octanol–water partition coefficient (Wildman–Crippen LogP) is 4.06. The minimum Gasteiger partial charge on any atom is -0.0654 e. The smallest absolute Gasteiger partial charge is 0.0352 e. The van der Waals surface area contributed by atoms with Crippen molar-refractivity contribution < 1.29 is 0 Å². The second-order valence-corrected chi connectivity index (χ2v) is 3.82. The Balaban J connectivity index is 3.35. The molecule has 0 nitrogen and oxygen atoms in total. The molecule has 0 aliphatic heterocycles. The molecule has 0 heterocycles. The van der Waals surface area contributed by atoms with Crippen LogP contribution in [0.1, 0.15) is 53.4 Å². The first-order valence-corrected chi connectivity index (χ1v) is 5.04. The van der Waals surface area contributed by atoms with Gasteiger partial charge in [0.2, 0.25) is 0 Å². The van der Waals surface area contributed by atoms with Crippen LogP contribution >= 0.6 is 0 Å². The molecule has 0 aromatic rings. The molecular formula is C11H23. The molecule has 0 rings (SSSR count). The average Bonchev–Trinajstić information content (AvgIpc) is 1.97. The Morgan fingerprint density at radius 1 is 1.18 bits per heavy atom. The van der Waals surface area contributed by atoms with Crippen molar-refractivity contribution in [2.75, 3.05) is 0 Å². The molecule has 0 N–H and O–H groups in total. The van der Waals surface area contributed by atoms with E-state index < -0.39 is 0 Å². The van der Waals surface area contributed by atoms with Gasteiger partial charge in [-0.15, -0.1) is 0 Å². The maximum atomic E-state index is 2.51. The number of hydrogen-bond donors (Lipinski definition) is 0. The van der Waals surface area contributed by atoms with E-state index in [1.807, 2.05) is 0 Å².